The van der Waals surface area contributed by atoms with Crippen molar-refractivity contribution in [1.29, 1.82) is 0 Å². The lowest BCUT2D eigenvalue weighted by Gasteiger charge is -2.28. The van der Waals surface area contributed by atoms with Crippen molar-refractivity contribution < 1.29 is 50.5 Å². The van der Waals surface area contributed by atoms with Crippen molar-refractivity contribution >= 4 is 34.8 Å². The largest absolute Gasteiger partial charge is 0.416 e. The minimum atomic E-state index is -5.02. The summed E-state index contributed by atoms with van der Waals surface area (Å²) >= 11 is 6.14. The van der Waals surface area contributed by atoms with Gasteiger partial charge in [-0.1, -0.05) is 11.6 Å². The number of rotatable bonds is 7. The molecule has 1 atom stereocenters. The number of aliphatic hydroxyl groups is 2. The standard InChI is InChI=1S/C25H17ClF7N3O4/c26-16-2-1-12(27)6-15(16)24(40)21-18(35-22(38)10-3-11(25(31,32)33)5-13(28)4-10)7-17(34-8-19(29)30)14(9-37)20(21)23(39)36-24/h1-7,19,34,37,40H,8-9H2,(H,35,38)(H,36,39). The first-order valence-corrected chi connectivity index (χ1v) is 11.6. The number of hydrogen-bond donors (Lipinski definition) is 5. The monoisotopic (exact) mass is 591 g/mol. The van der Waals surface area contributed by atoms with Crippen LogP contribution in [0.15, 0.2) is 42.5 Å². The molecule has 0 spiro atoms. The van der Waals surface area contributed by atoms with Gasteiger partial charge in [0.1, 0.15) is 11.6 Å². The highest BCUT2D eigenvalue weighted by Crippen LogP contribution is 2.46. The molecule has 1 aliphatic rings. The number of hydrogen-bond acceptors (Lipinski definition) is 5. The molecule has 15 heteroatoms. The molecule has 5 N–H and O–H groups in total. The molecule has 3 aromatic rings. The van der Waals surface area contributed by atoms with Gasteiger partial charge in [-0.25, -0.2) is 17.6 Å². The van der Waals surface area contributed by atoms with Gasteiger partial charge in [-0.15, -0.1) is 0 Å². The molecule has 1 heterocycles. The van der Waals surface area contributed by atoms with Crippen LogP contribution in [0, 0.1) is 11.6 Å². The first kappa shape index (κ1) is 29.1. The SMILES string of the molecule is O=C(Nc1cc(NCC(F)F)c(CO)c2c1C(O)(c1cc(F)ccc1Cl)NC2=O)c1cc(F)cc(C(F)(F)F)c1. The van der Waals surface area contributed by atoms with Crippen LogP contribution < -0.4 is 16.0 Å². The van der Waals surface area contributed by atoms with Gasteiger partial charge in [0.05, 0.1) is 30.0 Å². The molecule has 0 radical (unpaired) electrons. The number of amides is 2. The highest BCUT2D eigenvalue weighted by Gasteiger charge is 2.48. The van der Waals surface area contributed by atoms with E-state index in [9.17, 15) is 50.5 Å². The summed E-state index contributed by atoms with van der Waals surface area (Å²) in [6.07, 6.45) is -7.93. The number of carbonyl (C=O) groups is 2. The number of alkyl halides is 5. The molecule has 1 unspecified atom stereocenters. The van der Waals surface area contributed by atoms with Crippen molar-refractivity contribution in [2.24, 2.45) is 0 Å². The molecule has 212 valence electrons. The summed E-state index contributed by atoms with van der Waals surface area (Å²) in [4.78, 5) is 26.1. The maximum absolute atomic E-state index is 14.1. The van der Waals surface area contributed by atoms with E-state index in [4.69, 9.17) is 11.6 Å². The summed E-state index contributed by atoms with van der Waals surface area (Å²) in [6.45, 7) is -1.93. The van der Waals surface area contributed by atoms with Crippen molar-refractivity contribution in [2.75, 3.05) is 17.2 Å². The molecule has 0 saturated carbocycles. The van der Waals surface area contributed by atoms with Crippen molar-refractivity contribution in [3.63, 3.8) is 0 Å². The van der Waals surface area contributed by atoms with Crippen LogP contribution in [0.3, 0.4) is 0 Å². The fourth-order valence-electron chi connectivity index (χ4n) is 4.30. The number of nitrogens with one attached hydrogen (secondary N) is 3. The van der Waals surface area contributed by atoms with E-state index >= 15 is 0 Å². The highest BCUT2D eigenvalue weighted by atomic mass is 35.5. The van der Waals surface area contributed by atoms with Crippen LogP contribution in [-0.2, 0) is 18.5 Å². The van der Waals surface area contributed by atoms with Crippen molar-refractivity contribution in [2.45, 2.75) is 24.9 Å². The smallest absolute Gasteiger partial charge is 0.392 e. The Morgan fingerprint density at radius 2 is 1.75 bits per heavy atom. The quantitative estimate of drug-likeness (QED) is 0.249. The molecular formula is C25H17ClF7N3O4. The van der Waals surface area contributed by atoms with Gasteiger partial charge < -0.3 is 26.2 Å². The molecule has 7 nitrogen and oxygen atoms in total. The molecule has 1 aliphatic heterocycles. The first-order chi connectivity index (χ1) is 18.6. The third kappa shape index (κ3) is 5.42. The Kier molecular flexibility index (Phi) is 7.71. The topological polar surface area (TPSA) is 111 Å². The highest BCUT2D eigenvalue weighted by molar-refractivity contribution is 6.31. The van der Waals surface area contributed by atoms with Crippen LogP contribution in [-0.4, -0.2) is 35.0 Å². The number of halogens is 8. The summed E-state index contributed by atoms with van der Waals surface area (Å²) in [6, 6.07) is 4.65. The lowest BCUT2D eigenvalue weighted by atomic mass is 9.89. The fraction of sp³-hybridized carbons (Fsp3) is 0.200. The van der Waals surface area contributed by atoms with E-state index in [1.54, 1.807) is 0 Å². The van der Waals surface area contributed by atoms with Crippen LogP contribution in [0.5, 0.6) is 0 Å². The number of anilines is 2. The van der Waals surface area contributed by atoms with Crippen LogP contribution >= 0.6 is 11.6 Å². The Labute approximate surface area is 225 Å². The van der Waals surface area contributed by atoms with Gasteiger partial charge in [-0.3, -0.25) is 9.59 Å². The zero-order chi connectivity index (χ0) is 29.6. The minimum absolute atomic E-state index is 0.157. The number of fused-ring (bicyclic) bond motifs is 1. The summed E-state index contributed by atoms with van der Waals surface area (Å²) in [5, 5.41) is 27.9. The van der Waals surface area contributed by atoms with Crippen molar-refractivity contribution in [3.8, 4) is 0 Å². The van der Waals surface area contributed by atoms with E-state index in [0.717, 1.165) is 24.3 Å². The van der Waals surface area contributed by atoms with Gasteiger partial charge in [0, 0.05) is 33.0 Å². The van der Waals surface area contributed by atoms with E-state index in [0.29, 0.717) is 12.1 Å². The second-order valence-electron chi connectivity index (χ2n) is 8.60. The second-order valence-corrected chi connectivity index (χ2v) is 9.01. The van der Waals surface area contributed by atoms with Crippen LogP contribution in [0.4, 0.5) is 42.1 Å². The summed E-state index contributed by atoms with van der Waals surface area (Å²) in [5.41, 5.74) is -7.62. The minimum Gasteiger partial charge on any atom is -0.392 e. The molecule has 40 heavy (non-hydrogen) atoms. The third-order valence-corrected chi connectivity index (χ3v) is 6.31. The van der Waals surface area contributed by atoms with Gasteiger partial charge in [-0.2, -0.15) is 13.2 Å². The predicted molar refractivity (Wildman–Crippen MR) is 128 cm³/mol. The van der Waals surface area contributed by atoms with E-state index in [1.165, 1.54) is 0 Å². The fourth-order valence-corrected chi connectivity index (χ4v) is 4.56. The number of benzene rings is 3. The Bertz CT molecular complexity index is 1520. The summed E-state index contributed by atoms with van der Waals surface area (Å²) in [7, 11) is 0. The maximum atomic E-state index is 14.1. The molecule has 0 aliphatic carbocycles. The molecule has 4 rings (SSSR count). The van der Waals surface area contributed by atoms with Gasteiger partial charge in [0.2, 0.25) is 0 Å². The number of aliphatic hydroxyl groups excluding tert-OH is 1. The van der Waals surface area contributed by atoms with Crippen molar-refractivity contribution in [3.05, 3.63) is 92.5 Å². The van der Waals surface area contributed by atoms with Crippen LogP contribution in [0.2, 0.25) is 5.02 Å². The molecule has 0 fully saturated rings. The van der Waals surface area contributed by atoms with E-state index < -0.39 is 88.4 Å². The zero-order valence-corrected chi connectivity index (χ0v) is 20.5. The zero-order valence-electron chi connectivity index (χ0n) is 19.8. The molecule has 3 aromatic carbocycles. The van der Waals surface area contributed by atoms with Gasteiger partial charge in [-0.05, 0) is 42.5 Å². The molecule has 0 aromatic heterocycles. The predicted octanol–water partition coefficient (Wildman–Crippen LogP) is 5.00. The van der Waals surface area contributed by atoms with E-state index in [1.807, 2.05) is 0 Å². The molecule has 0 saturated heterocycles. The molecule has 2 amide bonds. The number of carbonyl (C=O) groups excluding carboxylic acids is 2. The normalized spacial score (nSPS) is 16.6. The summed E-state index contributed by atoms with van der Waals surface area (Å²) in [5.74, 6) is -4.75. The average Bonchev–Trinajstić information content (AvgIpc) is 3.14. The van der Waals surface area contributed by atoms with Crippen LogP contribution in [0.25, 0.3) is 0 Å². The first-order valence-electron chi connectivity index (χ1n) is 11.2. The third-order valence-electron chi connectivity index (χ3n) is 5.98. The lowest BCUT2D eigenvalue weighted by molar-refractivity contribution is -0.137. The van der Waals surface area contributed by atoms with Crippen molar-refractivity contribution in [1.82, 2.24) is 5.32 Å². The second kappa shape index (κ2) is 10.6. The summed E-state index contributed by atoms with van der Waals surface area (Å²) < 4.78 is 93.6. The Balaban J connectivity index is 1.94. The Morgan fingerprint density at radius 3 is 2.38 bits per heavy atom. The Morgan fingerprint density at radius 1 is 1.05 bits per heavy atom. The van der Waals surface area contributed by atoms with E-state index in [-0.39, 0.29) is 22.3 Å². The van der Waals surface area contributed by atoms with Gasteiger partial charge >= 0.3 is 6.18 Å². The molecular weight excluding hydrogens is 575 g/mol. The Hall–Kier alpha value is -3.88. The van der Waals surface area contributed by atoms with Gasteiger partial charge in [0.15, 0.2) is 5.72 Å². The maximum Gasteiger partial charge on any atom is 0.416 e. The van der Waals surface area contributed by atoms with E-state index in [2.05, 4.69) is 16.0 Å². The van der Waals surface area contributed by atoms with Gasteiger partial charge in [0.25, 0.3) is 18.2 Å². The lowest BCUT2D eigenvalue weighted by Crippen LogP contribution is -2.41. The average molecular weight is 592 g/mol. The molecule has 0 bridgehead atoms. The van der Waals surface area contributed by atoms with Crippen LogP contribution in [0.1, 0.15) is 43.0 Å².